The number of nitrogens with zero attached hydrogens (tertiary/aromatic N) is 5. The first-order valence-corrected chi connectivity index (χ1v) is 11.1. The van der Waals surface area contributed by atoms with E-state index in [1.54, 1.807) is 12.3 Å². The maximum absolute atomic E-state index is 13.3. The van der Waals surface area contributed by atoms with Crippen LogP contribution in [0.3, 0.4) is 0 Å². The second-order valence-electron chi connectivity index (χ2n) is 8.82. The first kappa shape index (κ1) is 20.3. The van der Waals surface area contributed by atoms with Crippen molar-refractivity contribution in [1.29, 1.82) is 0 Å². The van der Waals surface area contributed by atoms with Crippen LogP contribution in [0.25, 0.3) is 33.3 Å². The van der Waals surface area contributed by atoms with Gasteiger partial charge in [0.05, 0.1) is 11.7 Å². The van der Waals surface area contributed by atoms with Crippen molar-refractivity contribution < 1.29 is 13.2 Å². The molecule has 2 fully saturated rings. The van der Waals surface area contributed by atoms with Crippen LogP contribution in [0.15, 0.2) is 30.7 Å². The number of alkyl halides is 3. The van der Waals surface area contributed by atoms with E-state index in [9.17, 15) is 13.2 Å². The minimum atomic E-state index is -4.49. The van der Waals surface area contributed by atoms with Crippen molar-refractivity contribution >= 4 is 27.8 Å². The molecule has 0 radical (unpaired) electrons. The molecule has 170 valence electrons. The molecule has 4 aromatic heterocycles. The number of pyridine rings is 2. The number of halogens is 3. The van der Waals surface area contributed by atoms with E-state index >= 15 is 0 Å². The zero-order valence-electron chi connectivity index (χ0n) is 17.9. The number of rotatable bonds is 3. The summed E-state index contributed by atoms with van der Waals surface area (Å²) in [5, 5.41) is 4.75. The van der Waals surface area contributed by atoms with Gasteiger partial charge in [0.2, 0.25) is 0 Å². The lowest BCUT2D eigenvalue weighted by Gasteiger charge is -2.36. The Morgan fingerprint density at radius 2 is 2.00 bits per heavy atom. The van der Waals surface area contributed by atoms with Gasteiger partial charge in [-0.15, -0.1) is 0 Å². The molecule has 0 amide bonds. The molecule has 1 saturated carbocycles. The van der Waals surface area contributed by atoms with Crippen LogP contribution < -0.4 is 10.2 Å². The van der Waals surface area contributed by atoms with E-state index < -0.39 is 11.9 Å². The normalized spacial score (nSPS) is 19.5. The summed E-state index contributed by atoms with van der Waals surface area (Å²) in [6, 6.07) is 2.96. The van der Waals surface area contributed by atoms with Crippen LogP contribution in [-0.4, -0.2) is 50.6 Å². The molecule has 7 nitrogen and oxygen atoms in total. The van der Waals surface area contributed by atoms with Gasteiger partial charge in [-0.1, -0.05) is 0 Å². The Kier molecular flexibility index (Phi) is 4.55. The van der Waals surface area contributed by atoms with E-state index in [1.807, 2.05) is 6.20 Å². The van der Waals surface area contributed by atoms with Gasteiger partial charge in [0.1, 0.15) is 17.2 Å². The molecule has 5 heterocycles. The monoisotopic (exact) mass is 453 g/mol. The van der Waals surface area contributed by atoms with E-state index in [0.29, 0.717) is 28.2 Å². The van der Waals surface area contributed by atoms with Crippen molar-refractivity contribution in [2.75, 3.05) is 24.5 Å². The number of nitrogens with one attached hydrogen (secondary N) is 2. The number of fused-ring (bicyclic) bond motifs is 2. The molecular weight excluding hydrogens is 431 g/mol. The molecule has 1 atom stereocenters. The van der Waals surface area contributed by atoms with Crippen molar-refractivity contribution in [2.45, 2.75) is 37.9 Å². The smallest absolute Gasteiger partial charge is 0.351 e. The summed E-state index contributed by atoms with van der Waals surface area (Å²) in [5.41, 5.74) is 1.69. The number of hydrogen-bond acceptors (Lipinski definition) is 6. The van der Waals surface area contributed by atoms with Crippen LogP contribution in [-0.2, 0) is 6.18 Å². The number of aromatic amines is 1. The molecule has 6 rings (SSSR count). The number of hydrogen-bond donors (Lipinski definition) is 2. The second kappa shape index (κ2) is 7.38. The van der Waals surface area contributed by atoms with Crippen LogP contribution >= 0.6 is 0 Å². The Balaban J connectivity index is 1.60. The number of anilines is 1. The van der Waals surface area contributed by atoms with Gasteiger partial charge in [0.25, 0.3) is 0 Å². The van der Waals surface area contributed by atoms with E-state index in [2.05, 4.69) is 32.1 Å². The summed E-state index contributed by atoms with van der Waals surface area (Å²) in [4.78, 5) is 22.9. The quantitative estimate of drug-likeness (QED) is 0.482. The van der Waals surface area contributed by atoms with Crippen LogP contribution in [0.5, 0.6) is 0 Å². The van der Waals surface area contributed by atoms with Gasteiger partial charge in [0, 0.05) is 54.4 Å². The number of H-pyrrole nitrogens is 1. The van der Waals surface area contributed by atoms with Crippen LogP contribution in [0.4, 0.5) is 19.0 Å². The zero-order valence-corrected chi connectivity index (χ0v) is 17.9. The fraction of sp³-hybridized carbons (Fsp3) is 0.391. The molecule has 1 aliphatic heterocycles. The second-order valence-corrected chi connectivity index (χ2v) is 8.82. The Hall–Kier alpha value is -3.27. The highest BCUT2D eigenvalue weighted by atomic mass is 19.4. The van der Waals surface area contributed by atoms with E-state index in [0.717, 1.165) is 55.3 Å². The maximum Gasteiger partial charge on any atom is 0.431 e. The molecule has 1 aliphatic carbocycles. The Bertz CT molecular complexity index is 1360. The topological polar surface area (TPSA) is 82.6 Å². The van der Waals surface area contributed by atoms with Crippen molar-refractivity contribution in [3.05, 3.63) is 42.0 Å². The summed E-state index contributed by atoms with van der Waals surface area (Å²) in [6.07, 6.45) is 2.85. The lowest BCUT2D eigenvalue weighted by molar-refractivity contribution is -0.140. The predicted molar refractivity (Wildman–Crippen MR) is 119 cm³/mol. The van der Waals surface area contributed by atoms with Gasteiger partial charge in [-0.05, 0) is 43.4 Å². The van der Waals surface area contributed by atoms with Crippen LogP contribution in [0, 0.1) is 0 Å². The molecule has 1 unspecified atom stereocenters. The van der Waals surface area contributed by atoms with Crippen molar-refractivity contribution in [2.24, 2.45) is 0 Å². The summed E-state index contributed by atoms with van der Waals surface area (Å²) >= 11 is 0. The van der Waals surface area contributed by atoms with E-state index in [4.69, 9.17) is 9.97 Å². The molecule has 0 aromatic carbocycles. The highest BCUT2D eigenvalue weighted by Crippen LogP contribution is 2.45. The number of piperazine rings is 1. The summed E-state index contributed by atoms with van der Waals surface area (Å²) in [7, 11) is 0. The number of aromatic nitrogens is 5. The van der Waals surface area contributed by atoms with E-state index in [-0.39, 0.29) is 11.7 Å². The van der Waals surface area contributed by atoms with Crippen molar-refractivity contribution in [3.8, 4) is 11.4 Å². The van der Waals surface area contributed by atoms with Gasteiger partial charge < -0.3 is 15.2 Å². The molecule has 2 aliphatic rings. The Morgan fingerprint density at radius 1 is 1.15 bits per heavy atom. The third-order valence-corrected chi connectivity index (χ3v) is 6.49. The lowest BCUT2D eigenvalue weighted by atomic mass is 10.1. The highest BCUT2D eigenvalue weighted by Gasteiger charge is 2.34. The predicted octanol–water partition coefficient (Wildman–Crippen LogP) is 4.26. The Labute approximate surface area is 187 Å². The van der Waals surface area contributed by atoms with Gasteiger partial charge >= 0.3 is 6.18 Å². The highest BCUT2D eigenvalue weighted by molar-refractivity contribution is 5.97. The molecule has 2 N–H and O–H groups in total. The fourth-order valence-corrected chi connectivity index (χ4v) is 4.65. The average Bonchev–Trinajstić information content (AvgIpc) is 3.54. The van der Waals surface area contributed by atoms with Crippen LogP contribution in [0.1, 0.15) is 36.9 Å². The standard InChI is InChI=1S/C23H22F3N7/c1-12-9-27-6-7-33(12)22-19-16(13-2-3-13)10-28-11-17(19)30-21(32-22)14-4-5-29-20-15(14)8-18(31-20)23(24,25)26/h4-5,8,10-13,27H,2-3,6-7,9H2,1H3,(H,29,31). The minimum Gasteiger partial charge on any atom is -0.351 e. The van der Waals surface area contributed by atoms with E-state index in [1.165, 1.54) is 6.20 Å². The summed E-state index contributed by atoms with van der Waals surface area (Å²) < 4.78 is 40.0. The van der Waals surface area contributed by atoms with Gasteiger partial charge in [-0.25, -0.2) is 15.0 Å². The fourth-order valence-electron chi connectivity index (χ4n) is 4.65. The van der Waals surface area contributed by atoms with Gasteiger partial charge in [-0.2, -0.15) is 13.2 Å². The SMILES string of the molecule is CC1CNCCN1c1nc(-c2ccnc3[nH]c(C(F)(F)F)cc23)nc2cncc(C3CC3)c12. The molecule has 10 heteroatoms. The largest absolute Gasteiger partial charge is 0.431 e. The average molecular weight is 453 g/mol. The molecule has 4 aromatic rings. The zero-order chi connectivity index (χ0) is 22.7. The first-order chi connectivity index (χ1) is 15.9. The molecule has 1 saturated heterocycles. The summed E-state index contributed by atoms with van der Waals surface area (Å²) in [6.45, 7) is 4.59. The third kappa shape index (κ3) is 3.49. The molecule has 33 heavy (non-hydrogen) atoms. The molecule has 0 spiro atoms. The molecular formula is C23H22F3N7. The van der Waals surface area contributed by atoms with Crippen molar-refractivity contribution in [1.82, 2.24) is 30.2 Å². The van der Waals surface area contributed by atoms with Crippen LogP contribution in [0.2, 0.25) is 0 Å². The maximum atomic E-state index is 13.3. The minimum absolute atomic E-state index is 0.158. The summed E-state index contributed by atoms with van der Waals surface area (Å²) in [5.74, 6) is 1.65. The van der Waals surface area contributed by atoms with Gasteiger partial charge in [-0.3, -0.25) is 4.98 Å². The first-order valence-electron chi connectivity index (χ1n) is 11.1. The van der Waals surface area contributed by atoms with Gasteiger partial charge in [0.15, 0.2) is 5.82 Å². The van der Waals surface area contributed by atoms with Crippen molar-refractivity contribution in [3.63, 3.8) is 0 Å². The lowest BCUT2D eigenvalue weighted by Crippen LogP contribution is -2.50. The Morgan fingerprint density at radius 3 is 2.76 bits per heavy atom. The molecule has 0 bridgehead atoms. The third-order valence-electron chi connectivity index (χ3n) is 6.49.